The topological polar surface area (TPSA) is 6.48 Å². The first-order valence-electron chi connectivity index (χ1n) is 5.62. The van der Waals surface area contributed by atoms with Gasteiger partial charge in [0, 0.05) is 19.1 Å². The van der Waals surface area contributed by atoms with Gasteiger partial charge in [-0.1, -0.05) is 19.8 Å². The molecule has 1 aliphatic rings. The number of rotatable bonds is 5. The van der Waals surface area contributed by atoms with Crippen LogP contribution in [0.2, 0.25) is 0 Å². The van der Waals surface area contributed by atoms with Crippen LogP contribution in [0.5, 0.6) is 0 Å². The third-order valence-electron chi connectivity index (χ3n) is 3.32. The largest absolute Gasteiger partial charge is 0.305 e. The minimum absolute atomic E-state index is 0.880. The summed E-state index contributed by atoms with van der Waals surface area (Å²) in [6.07, 6.45) is 5.73. The quantitative estimate of drug-likeness (QED) is 0.643. The molecule has 0 N–H and O–H groups in total. The highest BCUT2D eigenvalue weighted by Crippen LogP contribution is 2.21. The molecule has 0 atom stereocenters. The molecule has 2 nitrogen and oxygen atoms in total. The van der Waals surface area contributed by atoms with E-state index in [0.717, 1.165) is 6.04 Å². The lowest BCUT2D eigenvalue weighted by Gasteiger charge is -2.26. The van der Waals surface area contributed by atoms with Gasteiger partial charge in [-0.2, -0.15) is 0 Å². The highest BCUT2D eigenvalue weighted by molar-refractivity contribution is 4.75. The lowest BCUT2D eigenvalue weighted by molar-refractivity contribution is 0.210. The van der Waals surface area contributed by atoms with E-state index in [1.54, 1.807) is 0 Å². The summed E-state index contributed by atoms with van der Waals surface area (Å²) in [5.74, 6) is 0. The predicted molar refractivity (Wildman–Crippen MR) is 58.1 cm³/mol. The Balaban J connectivity index is 2.12. The van der Waals surface area contributed by atoms with E-state index < -0.39 is 0 Å². The summed E-state index contributed by atoms with van der Waals surface area (Å²) < 4.78 is 0. The fourth-order valence-electron chi connectivity index (χ4n) is 2.01. The average Bonchev–Trinajstić information content (AvgIpc) is 2.66. The Labute approximate surface area is 82.9 Å². The van der Waals surface area contributed by atoms with Gasteiger partial charge >= 0.3 is 0 Å². The molecule has 0 heterocycles. The van der Waals surface area contributed by atoms with Crippen LogP contribution in [-0.4, -0.2) is 49.6 Å². The number of hydrogen-bond donors (Lipinski definition) is 0. The van der Waals surface area contributed by atoms with E-state index in [-0.39, 0.29) is 0 Å². The van der Waals surface area contributed by atoms with E-state index in [9.17, 15) is 0 Å². The molecule has 1 fully saturated rings. The fraction of sp³-hybridized carbons (Fsp3) is 1.00. The molecule has 1 rings (SSSR count). The molecule has 0 radical (unpaired) electrons. The molecule has 0 aromatic rings. The standard InChI is InChI=1S/C11H24N2/c1-4-12(2)9-10-13(3)11-7-5-6-8-11/h11H,4-10H2,1-3H3. The van der Waals surface area contributed by atoms with E-state index in [2.05, 4.69) is 30.8 Å². The molecule has 1 saturated carbocycles. The first-order chi connectivity index (χ1) is 6.24. The first kappa shape index (κ1) is 11.0. The van der Waals surface area contributed by atoms with E-state index in [4.69, 9.17) is 0 Å². The van der Waals surface area contributed by atoms with Crippen LogP contribution in [0, 0.1) is 0 Å². The van der Waals surface area contributed by atoms with Crippen LogP contribution in [0.15, 0.2) is 0 Å². The molecule has 1 aliphatic carbocycles. The van der Waals surface area contributed by atoms with Gasteiger partial charge < -0.3 is 9.80 Å². The maximum atomic E-state index is 2.54. The van der Waals surface area contributed by atoms with Crippen LogP contribution in [0.1, 0.15) is 32.6 Å². The molecule has 0 saturated heterocycles. The summed E-state index contributed by atoms with van der Waals surface area (Å²) in [6.45, 7) is 5.83. The van der Waals surface area contributed by atoms with Gasteiger partial charge in [0.1, 0.15) is 0 Å². The third kappa shape index (κ3) is 3.65. The molecule has 0 unspecified atom stereocenters. The molecule has 13 heavy (non-hydrogen) atoms. The monoisotopic (exact) mass is 184 g/mol. The summed E-state index contributed by atoms with van der Waals surface area (Å²) in [7, 11) is 4.47. The minimum atomic E-state index is 0.880. The maximum absolute atomic E-state index is 2.54. The van der Waals surface area contributed by atoms with Crippen LogP contribution in [0.4, 0.5) is 0 Å². The van der Waals surface area contributed by atoms with Crippen molar-refractivity contribution in [2.75, 3.05) is 33.7 Å². The molecule has 0 aromatic carbocycles. The lowest BCUT2D eigenvalue weighted by atomic mass is 10.2. The normalized spacial score (nSPS) is 19.2. The van der Waals surface area contributed by atoms with E-state index in [0.29, 0.717) is 0 Å². The van der Waals surface area contributed by atoms with Crippen LogP contribution in [0.25, 0.3) is 0 Å². The molecule has 0 spiro atoms. The minimum Gasteiger partial charge on any atom is -0.305 e. The molecular weight excluding hydrogens is 160 g/mol. The first-order valence-corrected chi connectivity index (χ1v) is 5.62. The number of hydrogen-bond acceptors (Lipinski definition) is 2. The van der Waals surface area contributed by atoms with Crippen molar-refractivity contribution in [1.82, 2.24) is 9.80 Å². The van der Waals surface area contributed by atoms with Crippen molar-refractivity contribution in [2.24, 2.45) is 0 Å². The van der Waals surface area contributed by atoms with Gasteiger partial charge in [0.05, 0.1) is 0 Å². The maximum Gasteiger partial charge on any atom is 0.0109 e. The van der Waals surface area contributed by atoms with Crippen molar-refractivity contribution in [3.05, 3.63) is 0 Å². The second-order valence-corrected chi connectivity index (χ2v) is 4.31. The Morgan fingerprint density at radius 2 is 1.69 bits per heavy atom. The van der Waals surface area contributed by atoms with E-state index in [1.165, 1.54) is 45.3 Å². The SMILES string of the molecule is CCN(C)CCN(C)C1CCCC1. The molecule has 0 aromatic heterocycles. The second kappa shape index (κ2) is 5.61. The predicted octanol–water partition coefficient (Wildman–Crippen LogP) is 1.81. The molecular formula is C11H24N2. The summed E-state index contributed by atoms with van der Waals surface area (Å²) >= 11 is 0. The van der Waals surface area contributed by atoms with Crippen molar-refractivity contribution in [3.8, 4) is 0 Å². The van der Waals surface area contributed by atoms with Crippen LogP contribution in [0.3, 0.4) is 0 Å². The van der Waals surface area contributed by atoms with Gasteiger partial charge in [-0.25, -0.2) is 0 Å². The van der Waals surface area contributed by atoms with Gasteiger partial charge in [0.2, 0.25) is 0 Å². The molecule has 78 valence electrons. The van der Waals surface area contributed by atoms with Crippen molar-refractivity contribution < 1.29 is 0 Å². The van der Waals surface area contributed by atoms with E-state index >= 15 is 0 Å². The molecule has 2 heteroatoms. The van der Waals surface area contributed by atoms with Crippen molar-refractivity contribution >= 4 is 0 Å². The second-order valence-electron chi connectivity index (χ2n) is 4.31. The Kier molecular flexibility index (Phi) is 4.74. The smallest absolute Gasteiger partial charge is 0.0109 e. The Bertz CT molecular complexity index is 130. The van der Waals surface area contributed by atoms with Crippen LogP contribution >= 0.6 is 0 Å². The average molecular weight is 184 g/mol. The van der Waals surface area contributed by atoms with E-state index in [1.807, 2.05) is 0 Å². The number of likely N-dealkylation sites (N-methyl/N-ethyl adjacent to an activating group) is 2. The Morgan fingerprint density at radius 1 is 1.08 bits per heavy atom. The summed E-state index contributed by atoms with van der Waals surface area (Å²) in [5, 5.41) is 0. The molecule has 0 bridgehead atoms. The van der Waals surface area contributed by atoms with Crippen LogP contribution in [-0.2, 0) is 0 Å². The third-order valence-corrected chi connectivity index (χ3v) is 3.32. The Hall–Kier alpha value is -0.0800. The highest BCUT2D eigenvalue weighted by atomic mass is 15.2. The van der Waals surface area contributed by atoms with Crippen LogP contribution < -0.4 is 0 Å². The van der Waals surface area contributed by atoms with Gasteiger partial charge in [-0.3, -0.25) is 0 Å². The fourth-order valence-corrected chi connectivity index (χ4v) is 2.01. The van der Waals surface area contributed by atoms with Gasteiger partial charge in [0.15, 0.2) is 0 Å². The molecule has 0 amide bonds. The zero-order valence-corrected chi connectivity index (χ0v) is 9.42. The molecule has 0 aliphatic heterocycles. The van der Waals surface area contributed by atoms with Gasteiger partial charge in [-0.15, -0.1) is 0 Å². The summed E-state index contributed by atoms with van der Waals surface area (Å²) in [6, 6.07) is 0.880. The zero-order chi connectivity index (χ0) is 9.68. The lowest BCUT2D eigenvalue weighted by Crippen LogP contribution is -2.36. The zero-order valence-electron chi connectivity index (χ0n) is 9.42. The van der Waals surface area contributed by atoms with Crippen molar-refractivity contribution in [1.29, 1.82) is 0 Å². The Morgan fingerprint density at radius 3 is 2.23 bits per heavy atom. The number of nitrogens with zero attached hydrogens (tertiary/aromatic N) is 2. The van der Waals surface area contributed by atoms with Gasteiger partial charge in [0.25, 0.3) is 0 Å². The van der Waals surface area contributed by atoms with Gasteiger partial charge in [-0.05, 0) is 33.5 Å². The van der Waals surface area contributed by atoms with Crippen molar-refractivity contribution in [2.45, 2.75) is 38.6 Å². The summed E-state index contributed by atoms with van der Waals surface area (Å²) in [5.41, 5.74) is 0. The van der Waals surface area contributed by atoms with Crippen molar-refractivity contribution in [3.63, 3.8) is 0 Å². The summed E-state index contributed by atoms with van der Waals surface area (Å²) in [4.78, 5) is 4.92. The highest BCUT2D eigenvalue weighted by Gasteiger charge is 2.18.